The van der Waals surface area contributed by atoms with Crippen molar-refractivity contribution in [1.82, 2.24) is 4.90 Å². The third-order valence-corrected chi connectivity index (χ3v) is 3.27. The van der Waals surface area contributed by atoms with Gasteiger partial charge >= 0.3 is 0 Å². The van der Waals surface area contributed by atoms with Crippen molar-refractivity contribution in [2.45, 2.75) is 18.9 Å². The first-order valence-corrected chi connectivity index (χ1v) is 6.77. The number of likely N-dealkylation sites (N-methyl/N-ethyl adjacent to an activating group) is 1. The number of rotatable bonds is 3. The van der Waals surface area contributed by atoms with Crippen molar-refractivity contribution in [3.05, 3.63) is 35.4 Å². The molecule has 1 saturated heterocycles. The van der Waals surface area contributed by atoms with Crippen LogP contribution in [-0.2, 0) is 4.74 Å². The highest BCUT2D eigenvalue weighted by Crippen LogP contribution is 2.14. The van der Waals surface area contributed by atoms with Gasteiger partial charge in [-0.1, -0.05) is 17.9 Å². The SMILES string of the molecule is CN(CC1CCCO1)C(=O)c1cccc(C#CCO)c1. The molecular weight excluding hydrogens is 254 g/mol. The fourth-order valence-corrected chi connectivity index (χ4v) is 2.27. The third-order valence-electron chi connectivity index (χ3n) is 3.27. The summed E-state index contributed by atoms with van der Waals surface area (Å²) in [6, 6.07) is 7.14. The Kier molecular flexibility index (Phi) is 5.16. The van der Waals surface area contributed by atoms with E-state index in [9.17, 15) is 4.79 Å². The molecule has 1 heterocycles. The van der Waals surface area contributed by atoms with Gasteiger partial charge in [-0.3, -0.25) is 4.79 Å². The van der Waals surface area contributed by atoms with Crippen LogP contribution in [0.1, 0.15) is 28.8 Å². The van der Waals surface area contributed by atoms with Crippen molar-refractivity contribution < 1.29 is 14.6 Å². The molecule has 1 N–H and O–H groups in total. The number of benzene rings is 1. The monoisotopic (exact) mass is 273 g/mol. The van der Waals surface area contributed by atoms with E-state index in [0.717, 1.165) is 25.0 Å². The topological polar surface area (TPSA) is 49.8 Å². The summed E-state index contributed by atoms with van der Waals surface area (Å²) < 4.78 is 5.54. The molecule has 1 aromatic carbocycles. The summed E-state index contributed by atoms with van der Waals surface area (Å²) >= 11 is 0. The molecule has 1 aliphatic rings. The van der Waals surface area contributed by atoms with Gasteiger partial charge in [0.1, 0.15) is 6.61 Å². The smallest absolute Gasteiger partial charge is 0.253 e. The number of nitrogens with zero attached hydrogens (tertiary/aromatic N) is 1. The molecule has 20 heavy (non-hydrogen) atoms. The van der Waals surface area contributed by atoms with Crippen LogP contribution in [0.15, 0.2) is 24.3 Å². The van der Waals surface area contributed by atoms with Crippen LogP contribution in [-0.4, -0.2) is 48.8 Å². The van der Waals surface area contributed by atoms with Gasteiger partial charge in [0.15, 0.2) is 0 Å². The van der Waals surface area contributed by atoms with Crippen LogP contribution in [0.3, 0.4) is 0 Å². The fourth-order valence-electron chi connectivity index (χ4n) is 2.27. The average Bonchev–Trinajstić information content (AvgIpc) is 2.97. The van der Waals surface area contributed by atoms with Crippen LogP contribution in [0.2, 0.25) is 0 Å². The molecule has 4 nitrogen and oxygen atoms in total. The van der Waals surface area contributed by atoms with Gasteiger partial charge in [0, 0.05) is 31.3 Å². The van der Waals surface area contributed by atoms with Crippen molar-refractivity contribution in [2.24, 2.45) is 0 Å². The van der Waals surface area contributed by atoms with E-state index in [1.807, 2.05) is 6.07 Å². The summed E-state index contributed by atoms with van der Waals surface area (Å²) in [4.78, 5) is 14.0. The van der Waals surface area contributed by atoms with Gasteiger partial charge in [-0.2, -0.15) is 0 Å². The lowest BCUT2D eigenvalue weighted by atomic mass is 10.1. The highest BCUT2D eigenvalue weighted by atomic mass is 16.5. The summed E-state index contributed by atoms with van der Waals surface area (Å²) in [5, 5.41) is 8.69. The minimum atomic E-state index is -0.183. The first-order valence-electron chi connectivity index (χ1n) is 6.77. The van der Waals surface area contributed by atoms with E-state index in [-0.39, 0.29) is 18.6 Å². The maximum absolute atomic E-state index is 12.3. The van der Waals surface area contributed by atoms with Gasteiger partial charge in [-0.05, 0) is 31.0 Å². The van der Waals surface area contributed by atoms with Gasteiger partial charge < -0.3 is 14.7 Å². The van der Waals surface area contributed by atoms with Crippen LogP contribution >= 0.6 is 0 Å². The molecule has 1 atom stereocenters. The molecule has 106 valence electrons. The second-order valence-electron chi connectivity index (χ2n) is 4.86. The number of aliphatic hydroxyl groups excluding tert-OH is 1. The fraction of sp³-hybridized carbons (Fsp3) is 0.438. The number of amides is 1. The number of hydrogen-bond acceptors (Lipinski definition) is 3. The molecule has 0 spiro atoms. The van der Waals surface area contributed by atoms with Gasteiger partial charge in [-0.15, -0.1) is 0 Å². The second kappa shape index (κ2) is 7.09. The average molecular weight is 273 g/mol. The normalized spacial score (nSPS) is 17.4. The number of carbonyl (C=O) groups is 1. The molecule has 2 rings (SSSR count). The predicted octanol–water partition coefficient (Wildman–Crippen LogP) is 1.28. The molecule has 1 unspecified atom stereocenters. The zero-order valence-corrected chi connectivity index (χ0v) is 11.6. The van der Waals surface area contributed by atoms with Crippen molar-refractivity contribution in [3.63, 3.8) is 0 Å². The number of aliphatic hydroxyl groups is 1. The summed E-state index contributed by atoms with van der Waals surface area (Å²) in [5.74, 6) is 5.35. The van der Waals surface area contributed by atoms with Gasteiger partial charge in [0.05, 0.1) is 6.10 Å². The molecule has 0 bridgehead atoms. The zero-order valence-electron chi connectivity index (χ0n) is 11.6. The Morgan fingerprint density at radius 2 is 2.40 bits per heavy atom. The Hall–Kier alpha value is -1.83. The Labute approximate surface area is 119 Å². The number of hydrogen-bond donors (Lipinski definition) is 1. The summed E-state index contributed by atoms with van der Waals surface area (Å²) in [7, 11) is 1.79. The van der Waals surface area contributed by atoms with E-state index >= 15 is 0 Å². The largest absolute Gasteiger partial charge is 0.384 e. The molecule has 0 radical (unpaired) electrons. The van der Waals surface area contributed by atoms with E-state index in [4.69, 9.17) is 9.84 Å². The van der Waals surface area contributed by atoms with Crippen LogP contribution in [0.25, 0.3) is 0 Å². The standard InChI is InChI=1S/C16H19NO3/c1-17(12-15-8-4-10-20-15)16(19)14-7-2-5-13(11-14)6-3-9-18/h2,5,7,11,15,18H,4,8-10,12H2,1H3. The van der Waals surface area contributed by atoms with Crippen molar-refractivity contribution >= 4 is 5.91 Å². The van der Waals surface area contributed by atoms with Crippen LogP contribution in [0.4, 0.5) is 0 Å². The molecule has 1 aromatic rings. The minimum Gasteiger partial charge on any atom is -0.384 e. The van der Waals surface area contributed by atoms with E-state index < -0.39 is 0 Å². The molecular formula is C16H19NO3. The van der Waals surface area contributed by atoms with E-state index in [0.29, 0.717) is 12.1 Å². The van der Waals surface area contributed by atoms with Gasteiger partial charge in [0.2, 0.25) is 0 Å². The Morgan fingerprint density at radius 3 is 3.10 bits per heavy atom. The lowest BCUT2D eigenvalue weighted by Crippen LogP contribution is -2.34. The molecule has 1 fully saturated rings. The molecule has 0 aromatic heterocycles. The van der Waals surface area contributed by atoms with Crippen molar-refractivity contribution in [2.75, 3.05) is 26.8 Å². The summed E-state index contributed by atoms with van der Waals surface area (Å²) in [6.07, 6.45) is 2.24. The quantitative estimate of drug-likeness (QED) is 0.844. The maximum Gasteiger partial charge on any atom is 0.253 e. The Morgan fingerprint density at radius 1 is 1.55 bits per heavy atom. The molecule has 4 heteroatoms. The van der Waals surface area contributed by atoms with E-state index in [1.54, 1.807) is 30.1 Å². The Bertz CT molecular complexity index is 524. The summed E-state index contributed by atoms with van der Waals surface area (Å²) in [5.41, 5.74) is 1.34. The lowest BCUT2D eigenvalue weighted by molar-refractivity contribution is 0.0587. The first-order chi connectivity index (χ1) is 9.70. The Balaban J connectivity index is 2.03. The minimum absolute atomic E-state index is 0.0341. The summed E-state index contributed by atoms with van der Waals surface area (Å²) in [6.45, 7) is 1.22. The lowest BCUT2D eigenvalue weighted by Gasteiger charge is -2.20. The third kappa shape index (κ3) is 3.83. The number of carbonyl (C=O) groups excluding carboxylic acids is 1. The zero-order chi connectivity index (χ0) is 14.4. The highest BCUT2D eigenvalue weighted by molar-refractivity contribution is 5.94. The predicted molar refractivity (Wildman–Crippen MR) is 76.3 cm³/mol. The van der Waals surface area contributed by atoms with Crippen molar-refractivity contribution in [3.8, 4) is 11.8 Å². The van der Waals surface area contributed by atoms with Crippen LogP contribution in [0, 0.1) is 11.8 Å². The van der Waals surface area contributed by atoms with Crippen LogP contribution in [0.5, 0.6) is 0 Å². The molecule has 1 amide bonds. The molecule has 1 aliphatic heterocycles. The van der Waals surface area contributed by atoms with Gasteiger partial charge in [-0.25, -0.2) is 0 Å². The second-order valence-corrected chi connectivity index (χ2v) is 4.86. The van der Waals surface area contributed by atoms with Crippen LogP contribution < -0.4 is 0 Å². The maximum atomic E-state index is 12.3. The van der Waals surface area contributed by atoms with Crippen molar-refractivity contribution in [1.29, 1.82) is 0 Å². The van der Waals surface area contributed by atoms with E-state index in [1.165, 1.54) is 0 Å². The first kappa shape index (κ1) is 14.6. The van der Waals surface area contributed by atoms with Gasteiger partial charge in [0.25, 0.3) is 5.91 Å². The number of ether oxygens (including phenoxy) is 1. The highest BCUT2D eigenvalue weighted by Gasteiger charge is 2.20. The molecule has 0 aliphatic carbocycles. The van der Waals surface area contributed by atoms with E-state index in [2.05, 4.69) is 11.8 Å². The molecule has 0 saturated carbocycles.